The normalized spacial score (nSPS) is 10.6. The van der Waals surface area contributed by atoms with Crippen LogP contribution in [0.15, 0.2) is 18.2 Å². The van der Waals surface area contributed by atoms with Crippen molar-refractivity contribution in [2.24, 2.45) is 0 Å². The van der Waals surface area contributed by atoms with E-state index in [0.29, 0.717) is 10.9 Å². The van der Waals surface area contributed by atoms with Crippen molar-refractivity contribution < 1.29 is 24.9 Å². The maximum Gasteiger partial charge on any atom is 0.335 e. The fourth-order valence-corrected chi connectivity index (χ4v) is 2.21. The molecule has 0 heterocycles. The number of ketones is 1. The van der Waals surface area contributed by atoms with Crippen molar-refractivity contribution in [3.05, 3.63) is 34.9 Å². The highest BCUT2D eigenvalue weighted by molar-refractivity contribution is 6.08. The van der Waals surface area contributed by atoms with E-state index in [-0.39, 0.29) is 33.8 Å². The third-order valence-electron chi connectivity index (χ3n) is 2.99. The Kier molecular flexibility index (Phi) is 2.90. The van der Waals surface area contributed by atoms with Crippen molar-refractivity contribution in [1.29, 1.82) is 0 Å². The Morgan fingerprint density at radius 3 is 2.26 bits per heavy atom. The predicted octanol–water partition coefficient (Wildman–Crippen LogP) is 2.46. The second-order valence-electron chi connectivity index (χ2n) is 4.37. The van der Waals surface area contributed by atoms with Crippen LogP contribution < -0.4 is 0 Å². The Bertz CT molecular complexity index is 716. The van der Waals surface area contributed by atoms with Gasteiger partial charge in [-0.15, -0.1) is 0 Å². The van der Waals surface area contributed by atoms with E-state index in [2.05, 4.69) is 0 Å². The minimum atomic E-state index is -1.18. The van der Waals surface area contributed by atoms with Gasteiger partial charge < -0.3 is 15.3 Å². The third kappa shape index (κ3) is 1.99. The van der Waals surface area contributed by atoms with E-state index < -0.39 is 5.97 Å². The molecule has 0 fully saturated rings. The van der Waals surface area contributed by atoms with Crippen LogP contribution in [0.2, 0.25) is 0 Å². The standard InChI is InChI=1S/C14H12O5/c1-6-3-8-4-9(14(18)19)5-10(16)12(8)13(17)11(6)7(2)15/h3-5,16-17H,1-2H3,(H,18,19). The van der Waals surface area contributed by atoms with Gasteiger partial charge in [-0.25, -0.2) is 4.79 Å². The minimum Gasteiger partial charge on any atom is -0.507 e. The number of phenolic OH excluding ortho intramolecular Hbond substituents is 2. The molecule has 19 heavy (non-hydrogen) atoms. The lowest BCUT2D eigenvalue weighted by Crippen LogP contribution is -2.00. The van der Waals surface area contributed by atoms with Crippen molar-refractivity contribution >= 4 is 22.5 Å². The molecule has 0 aliphatic heterocycles. The number of carbonyl (C=O) groups is 2. The number of carbonyl (C=O) groups excluding carboxylic acids is 1. The van der Waals surface area contributed by atoms with Gasteiger partial charge in [-0.05, 0) is 36.9 Å². The van der Waals surface area contributed by atoms with Gasteiger partial charge in [0.2, 0.25) is 0 Å². The fourth-order valence-electron chi connectivity index (χ4n) is 2.21. The second kappa shape index (κ2) is 4.28. The lowest BCUT2D eigenvalue weighted by Gasteiger charge is -2.11. The number of aromatic hydroxyl groups is 2. The van der Waals surface area contributed by atoms with Crippen molar-refractivity contribution in [3.63, 3.8) is 0 Å². The number of Topliss-reactive ketones (excluding diaryl/α,β-unsaturated/α-hetero) is 1. The van der Waals surface area contributed by atoms with E-state index in [4.69, 9.17) is 5.11 Å². The van der Waals surface area contributed by atoms with Crippen LogP contribution in [0.1, 0.15) is 33.2 Å². The molecule has 0 radical (unpaired) electrons. The molecule has 0 saturated heterocycles. The first-order valence-electron chi connectivity index (χ1n) is 5.56. The number of carboxylic acids is 1. The zero-order chi connectivity index (χ0) is 14.3. The number of aryl methyl sites for hydroxylation is 1. The van der Waals surface area contributed by atoms with Gasteiger partial charge in [0.1, 0.15) is 11.5 Å². The highest BCUT2D eigenvalue weighted by atomic mass is 16.4. The molecule has 3 N–H and O–H groups in total. The topological polar surface area (TPSA) is 94.8 Å². The summed E-state index contributed by atoms with van der Waals surface area (Å²) in [5.74, 6) is -2.18. The summed E-state index contributed by atoms with van der Waals surface area (Å²) < 4.78 is 0. The molecule has 0 atom stereocenters. The summed E-state index contributed by atoms with van der Waals surface area (Å²) in [6.45, 7) is 2.96. The molecule has 0 spiro atoms. The highest BCUT2D eigenvalue weighted by Gasteiger charge is 2.18. The van der Waals surface area contributed by atoms with Crippen LogP contribution in [-0.2, 0) is 0 Å². The minimum absolute atomic E-state index is 0.0839. The van der Waals surface area contributed by atoms with E-state index in [9.17, 15) is 19.8 Å². The van der Waals surface area contributed by atoms with Gasteiger partial charge in [0, 0.05) is 0 Å². The average Bonchev–Trinajstić information content (AvgIpc) is 2.26. The molecule has 0 unspecified atom stereocenters. The monoisotopic (exact) mass is 260 g/mol. The predicted molar refractivity (Wildman–Crippen MR) is 69.0 cm³/mol. The van der Waals surface area contributed by atoms with Crippen LogP contribution >= 0.6 is 0 Å². The molecule has 0 saturated carbocycles. The second-order valence-corrected chi connectivity index (χ2v) is 4.37. The van der Waals surface area contributed by atoms with Gasteiger partial charge in [0.25, 0.3) is 0 Å². The zero-order valence-corrected chi connectivity index (χ0v) is 10.4. The smallest absolute Gasteiger partial charge is 0.335 e. The van der Waals surface area contributed by atoms with Crippen molar-refractivity contribution in [3.8, 4) is 11.5 Å². The summed E-state index contributed by atoms with van der Waals surface area (Å²) in [4.78, 5) is 22.4. The zero-order valence-electron chi connectivity index (χ0n) is 10.4. The number of phenols is 2. The first-order valence-corrected chi connectivity index (χ1v) is 5.56. The van der Waals surface area contributed by atoms with E-state index >= 15 is 0 Å². The SMILES string of the molecule is CC(=O)c1c(C)cc2cc(C(=O)O)cc(O)c2c1O. The molecular formula is C14H12O5. The number of rotatable bonds is 2. The van der Waals surface area contributed by atoms with Crippen LogP contribution in [0.4, 0.5) is 0 Å². The number of carboxylic acid groups (broad SMARTS) is 1. The summed E-state index contributed by atoms with van der Waals surface area (Å²) in [5.41, 5.74) is 0.574. The van der Waals surface area contributed by atoms with Gasteiger partial charge in [0.15, 0.2) is 5.78 Å². The van der Waals surface area contributed by atoms with Crippen LogP contribution in [0.25, 0.3) is 10.8 Å². The summed E-state index contributed by atoms with van der Waals surface area (Å²) >= 11 is 0. The quantitative estimate of drug-likeness (QED) is 0.721. The van der Waals surface area contributed by atoms with Gasteiger partial charge in [-0.1, -0.05) is 6.07 Å². The van der Waals surface area contributed by atoms with E-state index in [1.54, 1.807) is 13.0 Å². The molecule has 2 aromatic carbocycles. The van der Waals surface area contributed by atoms with Crippen LogP contribution in [0.5, 0.6) is 11.5 Å². The first-order chi connectivity index (χ1) is 8.82. The summed E-state index contributed by atoms with van der Waals surface area (Å²) in [7, 11) is 0. The maximum absolute atomic E-state index is 11.5. The largest absolute Gasteiger partial charge is 0.507 e. The van der Waals surface area contributed by atoms with Gasteiger partial charge in [-0.3, -0.25) is 4.79 Å². The summed E-state index contributed by atoms with van der Waals surface area (Å²) in [6, 6.07) is 3.95. The van der Waals surface area contributed by atoms with Crippen LogP contribution in [0, 0.1) is 6.92 Å². The lowest BCUT2D eigenvalue weighted by atomic mass is 9.96. The molecule has 0 aromatic heterocycles. The van der Waals surface area contributed by atoms with Gasteiger partial charge >= 0.3 is 5.97 Å². The molecule has 5 heteroatoms. The summed E-state index contributed by atoms with van der Waals surface area (Å²) in [6.07, 6.45) is 0. The Hall–Kier alpha value is -2.56. The molecular weight excluding hydrogens is 248 g/mol. The number of hydrogen-bond donors (Lipinski definition) is 3. The van der Waals surface area contributed by atoms with Crippen molar-refractivity contribution in [1.82, 2.24) is 0 Å². The number of aromatic carboxylic acids is 1. The Morgan fingerprint density at radius 2 is 1.74 bits per heavy atom. The molecule has 5 nitrogen and oxygen atoms in total. The Morgan fingerprint density at radius 1 is 1.11 bits per heavy atom. The van der Waals surface area contributed by atoms with E-state index in [0.717, 1.165) is 6.07 Å². The number of hydrogen-bond acceptors (Lipinski definition) is 4. The number of benzene rings is 2. The Balaban J connectivity index is 2.92. The number of fused-ring (bicyclic) bond motifs is 1. The van der Waals surface area contributed by atoms with E-state index in [1.807, 2.05) is 0 Å². The molecule has 2 aromatic rings. The Labute approximate surface area is 108 Å². The van der Waals surface area contributed by atoms with Crippen LogP contribution in [0.3, 0.4) is 0 Å². The molecule has 0 aliphatic carbocycles. The van der Waals surface area contributed by atoms with Gasteiger partial charge in [-0.2, -0.15) is 0 Å². The average molecular weight is 260 g/mol. The summed E-state index contributed by atoms with van der Waals surface area (Å²) in [5, 5.41) is 29.3. The molecule has 2 rings (SSSR count). The lowest BCUT2D eigenvalue weighted by molar-refractivity contribution is 0.0696. The van der Waals surface area contributed by atoms with E-state index in [1.165, 1.54) is 13.0 Å². The van der Waals surface area contributed by atoms with Crippen molar-refractivity contribution in [2.45, 2.75) is 13.8 Å². The molecule has 0 bridgehead atoms. The molecule has 0 amide bonds. The van der Waals surface area contributed by atoms with Gasteiger partial charge in [0.05, 0.1) is 16.5 Å². The highest BCUT2D eigenvalue weighted by Crippen LogP contribution is 2.38. The fraction of sp³-hybridized carbons (Fsp3) is 0.143. The third-order valence-corrected chi connectivity index (χ3v) is 2.99. The first kappa shape index (κ1) is 12.9. The van der Waals surface area contributed by atoms with Crippen molar-refractivity contribution in [2.75, 3.05) is 0 Å². The molecule has 0 aliphatic rings. The maximum atomic E-state index is 11.5. The van der Waals surface area contributed by atoms with Crippen LogP contribution in [-0.4, -0.2) is 27.1 Å². The molecule has 98 valence electrons.